The second-order valence-electron chi connectivity index (χ2n) is 15.4. The number of anilines is 2. The molecule has 4 aliphatic rings. The number of aliphatic imine (C=N–C) groups is 1. The normalized spacial score (nSPS) is 19.3. The summed E-state index contributed by atoms with van der Waals surface area (Å²) in [6.45, 7) is 5.86. The first-order valence-corrected chi connectivity index (χ1v) is 20.0. The van der Waals surface area contributed by atoms with Crippen molar-refractivity contribution in [2.24, 2.45) is 22.4 Å². The van der Waals surface area contributed by atoms with E-state index in [4.69, 9.17) is 32.3 Å². The molecule has 3 fully saturated rings. The zero-order valence-corrected chi connectivity index (χ0v) is 33.8. The van der Waals surface area contributed by atoms with E-state index < -0.39 is 5.34 Å². The summed E-state index contributed by atoms with van der Waals surface area (Å²) in [5.41, 5.74) is 18.2. The standard InChI is InChI=1S/C37H46B2N10O3.C4H9N/c1-5-30-34-25(24-9-7-10-27(33(24)47(30)4)43-29(26(40)21-50)19-32(41)45-35(51)22-13-14-22)20-42-49(34)23-15-17-48(18-16-23)37(38,39)31-12-8-11-28(44-31)36(52)46(3)6-2;1-5-4-2-3-4/h7-12,19-23,30,43,50H,5-6,13-18,40H2,1-4H3,(H2,41,45,51);4-5H,2-3H2,1H3/b26-21+,29-19+;. The molecule has 2 aromatic heterocycles. The number of hydrogen-bond acceptors (Lipinski definition) is 10. The summed E-state index contributed by atoms with van der Waals surface area (Å²) in [5, 5.41) is 19.9. The lowest BCUT2D eigenvalue weighted by atomic mass is 9.58. The third-order valence-electron chi connectivity index (χ3n) is 11.4. The molecule has 0 bridgehead atoms. The van der Waals surface area contributed by atoms with Gasteiger partial charge in [0.15, 0.2) is 0 Å². The monoisotopic (exact) mass is 771 g/mol. The van der Waals surface area contributed by atoms with E-state index in [-0.39, 0.29) is 41.3 Å². The van der Waals surface area contributed by atoms with E-state index in [1.807, 2.05) is 37.2 Å². The molecule has 1 unspecified atom stereocenters. The molecular weight excluding hydrogens is 716 g/mol. The zero-order valence-electron chi connectivity index (χ0n) is 33.8. The van der Waals surface area contributed by atoms with Crippen LogP contribution in [0.15, 0.2) is 71.3 Å². The van der Waals surface area contributed by atoms with Crippen LogP contribution in [0.2, 0.25) is 0 Å². The van der Waals surface area contributed by atoms with E-state index in [1.54, 1.807) is 30.1 Å². The number of nitrogens with zero attached hydrogens (tertiary/aromatic N) is 7. The molecule has 298 valence electrons. The van der Waals surface area contributed by atoms with Crippen molar-refractivity contribution < 1.29 is 14.7 Å². The number of para-hydroxylation sites is 1. The molecular formula is C41H55B2N11O3. The van der Waals surface area contributed by atoms with E-state index in [1.165, 1.54) is 18.9 Å². The van der Waals surface area contributed by atoms with Crippen LogP contribution < -0.4 is 27.0 Å². The molecule has 7 rings (SSSR count). The molecule has 3 aromatic rings. The summed E-state index contributed by atoms with van der Waals surface area (Å²) in [6, 6.07) is 12.2. The van der Waals surface area contributed by atoms with E-state index in [0.29, 0.717) is 36.7 Å². The highest BCUT2D eigenvalue weighted by Gasteiger charge is 2.38. The summed E-state index contributed by atoms with van der Waals surface area (Å²) in [5.74, 6) is -0.498. The van der Waals surface area contributed by atoms with Crippen molar-refractivity contribution in [2.75, 3.05) is 51.0 Å². The maximum atomic E-state index is 12.8. The van der Waals surface area contributed by atoms with Crippen molar-refractivity contribution >= 4 is 44.7 Å². The van der Waals surface area contributed by atoms with Crippen LogP contribution in [-0.2, 0) is 10.1 Å². The number of aliphatic hydroxyl groups is 1. The highest BCUT2D eigenvalue weighted by atomic mass is 16.2. The highest BCUT2D eigenvalue weighted by molar-refractivity contribution is 6.39. The quantitative estimate of drug-likeness (QED) is 0.0589. The molecule has 4 heterocycles. The Kier molecular flexibility index (Phi) is 12.8. The number of likely N-dealkylation sites (tertiary alicyclic amines) is 1. The fourth-order valence-corrected chi connectivity index (χ4v) is 7.52. The number of nitrogens with two attached hydrogens (primary N) is 2. The number of benzene rings is 1. The van der Waals surface area contributed by atoms with Gasteiger partial charge in [0, 0.05) is 55.5 Å². The van der Waals surface area contributed by atoms with Crippen molar-refractivity contribution in [3.63, 3.8) is 0 Å². The number of fused-ring (bicyclic) bond motifs is 3. The fourth-order valence-electron chi connectivity index (χ4n) is 7.52. The number of carbonyl (C=O) groups excluding carboxylic acids is 2. The Hall–Kier alpha value is -5.08. The van der Waals surface area contributed by atoms with Gasteiger partial charge in [0.2, 0.25) is 0 Å². The van der Waals surface area contributed by atoms with Gasteiger partial charge in [-0.1, -0.05) is 25.1 Å². The largest absolute Gasteiger partial charge is 0.513 e. The van der Waals surface area contributed by atoms with E-state index in [2.05, 4.69) is 50.2 Å². The number of aliphatic hydroxyl groups excluding tert-OH is 1. The molecule has 2 aliphatic heterocycles. The van der Waals surface area contributed by atoms with Crippen LogP contribution in [-0.4, -0.2) is 110 Å². The number of rotatable bonds is 12. The molecule has 2 aliphatic carbocycles. The zero-order chi connectivity index (χ0) is 41.0. The van der Waals surface area contributed by atoms with Gasteiger partial charge in [-0.15, -0.1) is 0 Å². The van der Waals surface area contributed by atoms with Crippen LogP contribution in [0, 0.1) is 5.92 Å². The molecule has 2 amide bonds. The first-order valence-electron chi connectivity index (χ1n) is 20.0. The van der Waals surface area contributed by atoms with Crippen LogP contribution >= 0.6 is 0 Å². The summed E-state index contributed by atoms with van der Waals surface area (Å²) in [7, 11) is 19.3. The number of amidine groups is 1. The molecule has 1 aromatic carbocycles. The van der Waals surface area contributed by atoms with Crippen molar-refractivity contribution in [3.8, 4) is 11.1 Å². The Balaban J connectivity index is 0.00000102. The first kappa shape index (κ1) is 41.6. The third kappa shape index (κ3) is 9.07. The van der Waals surface area contributed by atoms with E-state index >= 15 is 0 Å². The Morgan fingerprint density at radius 1 is 1.05 bits per heavy atom. The molecule has 57 heavy (non-hydrogen) atoms. The van der Waals surface area contributed by atoms with Crippen molar-refractivity contribution in [1.29, 1.82) is 0 Å². The van der Waals surface area contributed by atoms with E-state index in [9.17, 15) is 14.7 Å². The number of amides is 2. The van der Waals surface area contributed by atoms with Crippen molar-refractivity contribution in [2.45, 2.75) is 82.3 Å². The van der Waals surface area contributed by atoms with Gasteiger partial charge in [0.25, 0.3) is 11.8 Å². The van der Waals surface area contributed by atoms with Crippen molar-refractivity contribution in [3.05, 3.63) is 83.4 Å². The maximum absolute atomic E-state index is 12.8. The lowest BCUT2D eigenvalue weighted by Crippen LogP contribution is -2.51. The molecule has 4 radical (unpaired) electrons. The molecule has 14 nitrogen and oxygen atoms in total. The van der Waals surface area contributed by atoms with Gasteiger partial charge in [-0.3, -0.25) is 14.3 Å². The van der Waals surface area contributed by atoms with Gasteiger partial charge < -0.3 is 41.9 Å². The summed E-state index contributed by atoms with van der Waals surface area (Å²) in [4.78, 5) is 39.5. The second kappa shape index (κ2) is 17.6. The fraction of sp³-hybridized carbons (Fsp3) is 0.488. The number of hydrogen-bond donors (Lipinski definition) is 5. The number of piperidine rings is 1. The van der Waals surface area contributed by atoms with Gasteiger partial charge in [0.05, 0.1) is 62.4 Å². The van der Waals surface area contributed by atoms with Gasteiger partial charge in [0.1, 0.15) is 17.8 Å². The van der Waals surface area contributed by atoms with Gasteiger partial charge in [-0.2, -0.15) is 10.1 Å². The third-order valence-corrected chi connectivity index (χ3v) is 11.4. The molecule has 1 saturated heterocycles. The van der Waals surface area contributed by atoms with Crippen LogP contribution in [0.25, 0.3) is 11.1 Å². The minimum Gasteiger partial charge on any atom is -0.513 e. The predicted octanol–water partition coefficient (Wildman–Crippen LogP) is 4.04. The summed E-state index contributed by atoms with van der Waals surface area (Å²) < 4.78 is 2.17. The molecule has 16 heteroatoms. The summed E-state index contributed by atoms with van der Waals surface area (Å²) >= 11 is 0. The van der Waals surface area contributed by atoms with Crippen LogP contribution in [0.5, 0.6) is 0 Å². The topological polar surface area (TPSA) is 183 Å². The van der Waals surface area contributed by atoms with E-state index in [0.717, 1.165) is 72.6 Å². The number of nitrogens with one attached hydrogen (secondary N) is 2. The molecule has 0 spiro atoms. The highest BCUT2D eigenvalue weighted by Crippen LogP contribution is 2.50. The SMILES string of the molecule is CNC1CC1.[B]C([B])(c1cccc(C(=O)N(C)CC)n1)N1CCC(n2ncc3c2C(CC)N(C)c2c(NC(=C/C(N)=NC(=O)C4CC4)/C(N)=C\O)cccc2-3)CC1. The Bertz CT molecular complexity index is 2030. The second-order valence-corrected chi connectivity index (χ2v) is 15.4. The van der Waals surface area contributed by atoms with Crippen LogP contribution in [0.3, 0.4) is 0 Å². The number of carbonyl (C=O) groups is 2. The predicted molar refractivity (Wildman–Crippen MR) is 227 cm³/mol. The number of aromatic nitrogens is 3. The molecule has 2 saturated carbocycles. The first-order chi connectivity index (χ1) is 27.3. The van der Waals surface area contributed by atoms with Gasteiger partial charge in [-0.05, 0) is 95.5 Å². The summed E-state index contributed by atoms with van der Waals surface area (Å²) in [6.07, 6.45) is 11.0. The lowest BCUT2D eigenvalue weighted by molar-refractivity contribution is -0.118. The minimum atomic E-state index is -1.35. The molecule has 7 N–H and O–H groups in total. The number of pyridine rings is 1. The van der Waals surface area contributed by atoms with Crippen molar-refractivity contribution in [1.82, 2.24) is 29.9 Å². The molecule has 1 atom stereocenters. The smallest absolute Gasteiger partial charge is 0.272 e. The van der Waals surface area contributed by atoms with Gasteiger partial charge in [-0.25, -0.2) is 4.98 Å². The van der Waals surface area contributed by atoms with Crippen LogP contribution in [0.1, 0.15) is 92.8 Å². The average molecular weight is 772 g/mol. The maximum Gasteiger partial charge on any atom is 0.272 e. The van der Waals surface area contributed by atoms with Gasteiger partial charge >= 0.3 is 0 Å². The Morgan fingerprint density at radius 2 is 1.75 bits per heavy atom. The Labute approximate surface area is 338 Å². The average Bonchev–Trinajstić information content (AvgIpc) is 4.17. The lowest BCUT2D eigenvalue weighted by Gasteiger charge is -2.44. The minimum absolute atomic E-state index is 0.000714. The Morgan fingerprint density at radius 3 is 2.35 bits per heavy atom. The van der Waals surface area contributed by atoms with Crippen LogP contribution in [0.4, 0.5) is 11.4 Å².